The SMILES string of the molecule is CCOc1ccc2c(c1)C(N)(C(=O)Cl)CCC2. The van der Waals surface area contributed by atoms with Crippen molar-refractivity contribution in [3.8, 4) is 5.75 Å². The van der Waals surface area contributed by atoms with Crippen LogP contribution in [-0.2, 0) is 16.8 Å². The zero-order valence-electron chi connectivity index (χ0n) is 9.83. The molecule has 3 nitrogen and oxygen atoms in total. The number of carbonyl (C=O) groups is 1. The number of halogens is 1. The Bertz CT molecular complexity index is 447. The minimum Gasteiger partial charge on any atom is -0.494 e. The second kappa shape index (κ2) is 4.67. The van der Waals surface area contributed by atoms with Gasteiger partial charge in [0.1, 0.15) is 11.3 Å². The van der Waals surface area contributed by atoms with Crippen molar-refractivity contribution in [2.24, 2.45) is 5.73 Å². The van der Waals surface area contributed by atoms with Crippen molar-refractivity contribution in [1.29, 1.82) is 0 Å². The first kappa shape index (κ1) is 12.4. The van der Waals surface area contributed by atoms with E-state index in [9.17, 15) is 4.79 Å². The molecule has 92 valence electrons. The second-order valence-electron chi connectivity index (χ2n) is 4.35. The summed E-state index contributed by atoms with van der Waals surface area (Å²) < 4.78 is 5.44. The highest BCUT2D eigenvalue weighted by atomic mass is 35.5. The van der Waals surface area contributed by atoms with Gasteiger partial charge >= 0.3 is 0 Å². The summed E-state index contributed by atoms with van der Waals surface area (Å²) in [6, 6.07) is 5.73. The second-order valence-corrected chi connectivity index (χ2v) is 4.69. The summed E-state index contributed by atoms with van der Waals surface area (Å²) in [6.45, 7) is 2.51. The van der Waals surface area contributed by atoms with E-state index in [4.69, 9.17) is 22.1 Å². The molecule has 0 bridgehead atoms. The van der Waals surface area contributed by atoms with Crippen LogP contribution in [0.15, 0.2) is 18.2 Å². The summed E-state index contributed by atoms with van der Waals surface area (Å²) in [5.74, 6) is 0.737. The number of nitrogens with two attached hydrogens (primary N) is 1. The van der Waals surface area contributed by atoms with Crippen LogP contribution in [-0.4, -0.2) is 11.8 Å². The third-order valence-electron chi connectivity index (χ3n) is 3.24. The van der Waals surface area contributed by atoms with Crippen LogP contribution in [0.4, 0.5) is 0 Å². The van der Waals surface area contributed by atoms with Gasteiger partial charge in [-0.3, -0.25) is 4.79 Å². The van der Waals surface area contributed by atoms with Gasteiger partial charge in [-0.05, 0) is 61.0 Å². The van der Waals surface area contributed by atoms with Gasteiger partial charge in [0.2, 0.25) is 5.24 Å². The van der Waals surface area contributed by atoms with Gasteiger partial charge in [-0.2, -0.15) is 0 Å². The lowest BCUT2D eigenvalue weighted by molar-refractivity contribution is -0.117. The normalized spacial score (nSPS) is 23.0. The summed E-state index contributed by atoms with van der Waals surface area (Å²) in [5.41, 5.74) is 7.00. The first-order chi connectivity index (χ1) is 8.08. The molecule has 1 aliphatic carbocycles. The molecule has 1 aromatic carbocycles. The van der Waals surface area contributed by atoms with Gasteiger partial charge in [0.05, 0.1) is 6.61 Å². The fraction of sp³-hybridized carbons (Fsp3) is 0.462. The summed E-state index contributed by atoms with van der Waals surface area (Å²) >= 11 is 5.65. The van der Waals surface area contributed by atoms with E-state index in [-0.39, 0.29) is 0 Å². The van der Waals surface area contributed by atoms with Crippen LogP contribution in [0.5, 0.6) is 5.75 Å². The Morgan fingerprint density at radius 3 is 3.00 bits per heavy atom. The molecule has 1 aromatic rings. The molecule has 0 saturated carbocycles. The van der Waals surface area contributed by atoms with E-state index in [0.29, 0.717) is 13.0 Å². The van der Waals surface area contributed by atoms with Gasteiger partial charge in [-0.1, -0.05) is 6.07 Å². The van der Waals surface area contributed by atoms with Gasteiger partial charge in [0, 0.05) is 0 Å². The summed E-state index contributed by atoms with van der Waals surface area (Å²) in [4.78, 5) is 11.6. The van der Waals surface area contributed by atoms with Crippen LogP contribution in [0.2, 0.25) is 0 Å². The van der Waals surface area contributed by atoms with Crippen molar-refractivity contribution in [2.45, 2.75) is 31.7 Å². The molecule has 2 N–H and O–H groups in total. The van der Waals surface area contributed by atoms with Gasteiger partial charge in [0.15, 0.2) is 0 Å². The number of aryl methyl sites for hydroxylation is 1. The fourth-order valence-electron chi connectivity index (χ4n) is 2.34. The van der Waals surface area contributed by atoms with Gasteiger partial charge in [-0.15, -0.1) is 0 Å². The van der Waals surface area contributed by atoms with Crippen molar-refractivity contribution in [1.82, 2.24) is 0 Å². The highest BCUT2D eigenvalue weighted by Gasteiger charge is 2.38. The Labute approximate surface area is 106 Å². The van der Waals surface area contributed by atoms with Crippen molar-refractivity contribution < 1.29 is 9.53 Å². The molecular weight excluding hydrogens is 238 g/mol. The van der Waals surface area contributed by atoms with E-state index >= 15 is 0 Å². The van der Waals surface area contributed by atoms with Crippen molar-refractivity contribution in [2.75, 3.05) is 6.61 Å². The zero-order valence-corrected chi connectivity index (χ0v) is 10.6. The van der Waals surface area contributed by atoms with E-state index in [1.807, 2.05) is 25.1 Å². The molecule has 0 fully saturated rings. The zero-order chi connectivity index (χ0) is 12.5. The molecule has 2 rings (SSSR count). The van der Waals surface area contributed by atoms with Crippen LogP contribution in [0.25, 0.3) is 0 Å². The molecule has 0 saturated heterocycles. The maximum absolute atomic E-state index is 11.6. The Kier molecular flexibility index (Phi) is 3.40. The highest BCUT2D eigenvalue weighted by Crippen LogP contribution is 2.37. The molecule has 0 radical (unpaired) electrons. The fourth-order valence-corrected chi connectivity index (χ4v) is 2.54. The summed E-state index contributed by atoms with van der Waals surface area (Å²) in [7, 11) is 0. The molecule has 0 heterocycles. The van der Waals surface area contributed by atoms with Crippen LogP contribution in [0.1, 0.15) is 30.9 Å². The third-order valence-corrected chi connectivity index (χ3v) is 3.58. The predicted octanol–water partition coefficient (Wildman–Crippen LogP) is 2.34. The molecule has 17 heavy (non-hydrogen) atoms. The average molecular weight is 254 g/mol. The molecular formula is C13H16ClNO2. The quantitative estimate of drug-likeness (QED) is 0.842. The largest absolute Gasteiger partial charge is 0.494 e. The lowest BCUT2D eigenvalue weighted by atomic mass is 9.78. The third kappa shape index (κ3) is 2.17. The van der Waals surface area contributed by atoms with E-state index in [2.05, 4.69) is 0 Å². The van der Waals surface area contributed by atoms with Crippen molar-refractivity contribution >= 4 is 16.8 Å². The van der Waals surface area contributed by atoms with E-state index in [1.54, 1.807) is 0 Å². The lowest BCUT2D eigenvalue weighted by Gasteiger charge is -2.32. The molecule has 4 heteroatoms. The molecule has 1 atom stereocenters. The number of fused-ring (bicyclic) bond motifs is 1. The van der Waals surface area contributed by atoms with Crippen molar-refractivity contribution in [3.63, 3.8) is 0 Å². The predicted molar refractivity (Wildman–Crippen MR) is 67.3 cm³/mol. The highest BCUT2D eigenvalue weighted by molar-refractivity contribution is 6.65. The molecule has 1 unspecified atom stereocenters. The lowest BCUT2D eigenvalue weighted by Crippen LogP contribution is -2.45. The van der Waals surface area contributed by atoms with E-state index in [0.717, 1.165) is 29.7 Å². The first-order valence-electron chi connectivity index (χ1n) is 5.83. The molecule has 0 aromatic heterocycles. The smallest absolute Gasteiger partial charge is 0.246 e. The average Bonchev–Trinajstić information content (AvgIpc) is 2.30. The maximum Gasteiger partial charge on any atom is 0.246 e. The minimum absolute atomic E-state index is 0.493. The van der Waals surface area contributed by atoms with E-state index in [1.165, 1.54) is 0 Å². The van der Waals surface area contributed by atoms with Gasteiger partial charge in [-0.25, -0.2) is 0 Å². The summed E-state index contributed by atoms with van der Waals surface area (Å²) in [6.07, 6.45) is 2.42. The maximum atomic E-state index is 11.6. The monoisotopic (exact) mass is 253 g/mol. The topological polar surface area (TPSA) is 52.3 Å². The number of carbonyl (C=O) groups excluding carboxylic acids is 1. The summed E-state index contributed by atoms with van der Waals surface area (Å²) in [5, 5.41) is -0.493. The number of benzene rings is 1. The standard InChI is InChI=1S/C13H16ClNO2/c1-2-17-10-6-5-9-4-3-7-13(15,12(14)16)11(9)8-10/h5-6,8H,2-4,7,15H2,1H3. The van der Waals surface area contributed by atoms with Gasteiger partial charge < -0.3 is 10.5 Å². The van der Waals surface area contributed by atoms with E-state index < -0.39 is 10.8 Å². The van der Waals surface area contributed by atoms with Crippen LogP contribution < -0.4 is 10.5 Å². The molecule has 1 aliphatic rings. The number of hydrogen-bond donors (Lipinski definition) is 1. The Morgan fingerprint density at radius 2 is 2.35 bits per heavy atom. The molecule has 0 aliphatic heterocycles. The van der Waals surface area contributed by atoms with Crippen LogP contribution in [0, 0.1) is 0 Å². The van der Waals surface area contributed by atoms with Crippen molar-refractivity contribution in [3.05, 3.63) is 29.3 Å². The van der Waals surface area contributed by atoms with Gasteiger partial charge in [0.25, 0.3) is 0 Å². The Hall–Kier alpha value is -1.06. The Balaban J connectivity index is 2.48. The number of hydrogen-bond acceptors (Lipinski definition) is 3. The number of ether oxygens (including phenoxy) is 1. The van der Waals surface area contributed by atoms with Crippen LogP contribution >= 0.6 is 11.6 Å². The first-order valence-corrected chi connectivity index (χ1v) is 6.20. The Morgan fingerprint density at radius 1 is 1.59 bits per heavy atom. The molecule has 0 amide bonds. The molecule has 0 spiro atoms. The van der Waals surface area contributed by atoms with Crippen LogP contribution in [0.3, 0.4) is 0 Å². The number of rotatable bonds is 3. The minimum atomic E-state index is -1.05.